The van der Waals surface area contributed by atoms with Crippen LogP contribution in [0, 0.1) is 0 Å². The molecule has 2 aromatic rings. The van der Waals surface area contributed by atoms with Gasteiger partial charge in [0, 0.05) is 11.4 Å². The van der Waals surface area contributed by atoms with Crippen molar-refractivity contribution in [3.8, 4) is 0 Å². The average molecular weight is 409 g/mol. The Morgan fingerprint density at radius 1 is 1.19 bits per heavy atom. The van der Waals surface area contributed by atoms with Crippen LogP contribution in [-0.4, -0.2) is 33.4 Å². The number of benzene rings is 1. The van der Waals surface area contributed by atoms with Crippen molar-refractivity contribution < 1.29 is 22.7 Å². The van der Waals surface area contributed by atoms with Crippen LogP contribution in [0.25, 0.3) is 0 Å². The molecule has 3 rings (SSSR count). The van der Waals surface area contributed by atoms with Crippen molar-refractivity contribution in [1.82, 2.24) is 5.32 Å². The third-order valence-corrected chi connectivity index (χ3v) is 6.42. The molecule has 27 heavy (non-hydrogen) atoms. The molecule has 0 atom stereocenters. The fourth-order valence-electron chi connectivity index (χ4n) is 2.87. The van der Waals surface area contributed by atoms with Gasteiger partial charge in [0.25, 0.3) is 5.91 Å². The molecule has 0 bridgehead atoms. The predicted octanol–water partition coefficient (Wildman–Crippen LogP) is 1.40. The third-order valence-electron chi connectivity index (χ3n) is 4.27. The number of rotatable bonds is 7. The number of nitrogens with two attached hydrogens (primary N) is 1. The lowest BCUT2D eigenvalue weighted by molar-refractivity contribution is -0.124. The second-order valence-corrected chi connectivity index (χ2v) is 8.98. The summed E-state index contributed by atoms with van der Waals surface area (Å²) in [6.45, 7) is 0.0180. The molecule has 0 saturated carbocycles. The molecule has 1 amide bonds. The molecule has 0 spiro atoms. The van der Waals surface area contributed by atoms with Crippen LogP contribution in [0.3, 0.4) is 0 Å². The van der Waals surface area contributed by atoms with Crippen LogP contribution in [-0.2, 0) is 38.8 Å². The van der Waals surface area contributed by atoms with E-state index in [0.717, 1.165) is 24.8 Å². The Morgan fingerprint density at radius 2 is 1.93 bits per heavy atom. The summed E-state index contributed by atoms with van der Waals surface area (Å²) in [5, 5.41) is 7.71. The maximum atomic E-state index is 12.0. The number of nitrogens with one attached hydrogen (secondary N) is 1. The summed E-state index contributed by atoms with van der Waals surface area (Å²) in [5.74, 6) is -0.850. The van der Waals surface area contributed by atoms with Gasteiger partial charge in [-0.25, -0.2) is 18.4 Å². The van der Waals surface area contributed by atoms with Crippen molar-refractivity contribution in [3.05, 3.63) is 51.2 Å². The Kier molecular flexibility index (Phi) is 5.93. The zero-order valence-corrected chi connectivity index (χ0v) is 16.2. The highest BCUT2D eigenvalue weighted by molar-refractivity contribution is 7.89. The van der Waals surface area contributed by atoms with Crippen LogP contribution < -0.4 is 10.5 Å². The lowest BCUT2D eigenvalue weighted by Gasteiger charge is -2.07. The van der Waals surface area contributed by atoms with E-state index >= 15 is 0 Å². The summed E-state index contributed by atoms with van der Waals surface area (Å²) in [6, 6.07) is 7.99. The zero-order valence-electron chi connectivity index (χ0n) is 14.6. The Balaban J connectivity index is 1.40. The fraction of sp³-hybridized carbons (Fsp3) is 0.333. The van der Waals surface area contributed by atoms with Gasteiger partial charge in [0.15, 0.2) is 6.61 Å². The van der Waals surface area contributed by atoms with Gasteiger partial charge in [-0.1, -0.05) is 12.1 Å². The largest absolute Gasteiger partial charge is 0.451 e. The van der Waals surface area contributed by atoms with Crippen molar-refractivity contribution >= 4 is 33.2 Å². The molecule has 0 fully saturated rings. The summed E-state index contributed by atoms with van der Waals surface area (Å²) < 4.78 is 27.5. The number of esters is 1. The minimum Gasteiger partial charge on any atom is -0.451 e. The number of fused-ring (bicyclic) bond motifs is 1. The number of amides is 1. The molecule has 144 valence electrons. The van der Waals surface area contributed by atoms with Crippen LogP contribution in [0.4, 0.5) is 0 Å². The molecular weight excluding hydrogens is 388 g/mol. The average Bonchev–Trinajstić information content (AvgIpc) is 3.21. The smallest absolute Gasteiger partial charge is 0.348 e. The van der Waals surface area contributed by atoms with E-state index in [9.17, 15) is 18.0 Å². The van der Waals surface area contributed by atoms with Crippen molar-refractivity contribution in [1.29, 1.82) is 0 Å². The topological polar surface area (TPSA) is 116 Å². The number of carbonyl (C=O) groups is 2. The first-order chi connectivity index (χ1) is 12.8. The van der Waals surface area contributed by atoms with E-state index in [1.165, 1.54) is 33.9 Å². The summed E-state index contributed by atoms with van der Waals surface area (Å²) in [6.07, 6.45) is 3.65. The number of ether oxygens (including phenoxy) is 1. The maximum absolute atomic E-state index is 12.0. The molecular formula is C18H20N2O5S2. The summed E-state index contributed by atoms with van der Waals surface area (Å²) in [5.41, 5.74) is 2.07. The maximum Gasteiger partial charge on any atom is 0.348 e. The van der Waals surface area contributed by atoms with Crippen molar-refractivity contribution in [2.75, 3.05) is 13.2 Å². The van der Waals surface area contributed by atoms with Crippen molar-refractivity contribution in [3.63, 3.8) is 0 Å². The van der Waals surface area contributed by atoms with Crippen molar-refractivity contribution in [2.45, 2.75) is 30.6 Å². The van der Waals surface area contributed by atoms with Gasteiger partial charge >= 0.3 is 5.97 Å². The molecule has 1 aliphatic carbocycles. The first-order valence-electron chi connectivity index (χ1n) is 8.50. The fourth-order valence-corrected chi connectivity index (χ4v) is 4.54. The molecule has 9 heteroatoms. The number of aryl methyl sites for hydroxylation is 2. The van der Waals surface area contributed by atoms with E-state index in [1.807, 2.05) is 6.07 Å². The van der Waals surface area contributed by atoms with Gasteiger partial charge in [0.2, 0.25) is 10.0 Å². The molecule has 1 aromatic heterocycles. The minimum absolute atomic E-state index is 0.0433. The highest BCUT2D eigenvalue weighted by atomic mass is 32.2. The first kappa shape index (κ1) is 19.5. The molecule has 1 heterocycles. The van der Waals surface area contributed by atoms with Gasteiger partial charge in [-0.15, -0.1) is 11.3 Å². The number of hydrogen-bond donors (Lipinski definition) is 2. The number of carbonyl (C=O) groups excluding carboxylic acids is 2. The van der Waals surface area contributed by atoms with E-state index in [0.29, 0.717) is 17.8 Å². The standard InChI is InChI=1S/C18H20N2O5S2/c19-27(23,24)14-6-4-12(5-7-14)8-9-20-17(21)11-25-18(22)16-10-13-2-1-3-15(13)26-16/h4-7,10H,1-3,8-9,11H2,(H,20,21)(H2,19,23,24). The summed E-state index contributed by atoms with van der Waals surface area (Å²) in [7, 11) is -3.71. The van der Waals surface area contributed by atoms with Crippen LogP contribution in [0.2, 0.25) is 0 Å². The lowest BCUT2D eigenvalue weighted by Crippen LogP contribution is -2.30. The van der Waals surface area contributed by atoms with E-state index in [2.05, 4.69) is 5.32 Å². The summed E-state index contributed by atoms with van der Waals surface area (Å²) >= 11 is 1.44. The van der Waals surface area contributed by atoms with Crippen LogP contribution in [0.15, 0.2) is 35.2 Å². The Bertz CT molecular complexity index is 927. The molecule has 0 saturated heterocycles. The first-order valence-corrected chi connectivity index (χ1v) is 10.9. The Morgan fingerprint density at radius 3 is 2.59 bits per heavy atom. The minimum atomic E-state index is -3.71. The molecule has 0 unspecified atom stereocenters. The predicted molar refractivity (Wildman–Crippen MR) is 101 cm³/mol. The lowest BCUT2D eigenvalue weighted by atomic mass is 10.1. The molecule has 0 radical (unpaired) electrons. The molecule has 7 nitrogen and oxygen atoms in total. The van der Waals surface area contributed by atoms with E-state index < -0.39 is 16.0 Å². The number of thiophene rings is 1. The summed E-state index contributed by atoms with van der Waals surface area (Å²) in [4.78, 5) is 25.6. The van der Waals surface area contributed by atoms with Gasteiger partial charge in [-0.05, 0) is 55.0 Å². The van der Waals surface area contributed by atoms with Gasteiger partial charge < -0.3 is 10.1 Å². The SMILES string of the molecule is NS(=O)(=O)c1ccc(CCNC(=O)COC(=O)c2cc3c(s2)CCC3)cc1. The zero-order chi connectivity index (χ0) is 19.4. The van der Waals surface area contributed by atoms with E-state index in [1.54, 1.807) is 12.1 Å². The molecule has 0 aliphatic heterocycles. The highest BCUT2D eigenvalue weighted by Crippen LogP contribution is 2.30. The number of sulfonamides is 1. The molecule has 3 N–H and O–H groups in total. The number of hydrogen-bond acceptors (Lipinski definition) is 6. The van der Waals surface area contributed by atoms with Gasteiger partial charge in [-0.3, -0.25) is 4.79 Å². The van der Waals surface area contributed by atoms with Gasteiger partial charge in [-0.2, -0.15) is 0 Å². The quantitative estimate of drug-likeness (QED) is 0.672. The highest BCUT2D eigenvalue weighted by Gasteiger charge is 2.19. The van der Waals surface area contributed by atoms with Crippen LogP contribution in [0.5, 0.6) is 0 Å². The van der Waals surface area contributed by atoms with Crippen LogP contribution >= 0.6 is 11.3 Å². The molecule has 1 aromatic carbocycles. The van der Waals surface area contributed by atoms with Crippen molar-refractivity contribution in [2.24, 2.45) is 5.14 Å². The second-order valence-electron chi connectivity index (χ2n) is 6.28. The van der Waals surface area contributed by atoms with Gasteiger partial charge in [0.1, 0.15) is 4.88 Å². The Labute approximate surface area is 161 Å². The normalized spacial score (nSPS) is 13.2. The second kappa shape index (κ2) is 8.20. The monoisotopic (exact) mass is 408 g/mol. The number of primary sulfonamides is 1. The third kappa shape index (κ3) is 5.15. The molecule has 1 aliphatic rings. The van der Waals surface area contributed by atoms with Crippen LogP contribution in [0.1, 0.15) is 32.1 Å². The van der Waals surface area contributed by atoms with E-state index in [-0.39, 0.29) is 17.4 Å². The Hall–Kier alpha value is -2.23. The van der Waals surface area contributed by atoms with Gasteiger partial charge in [0.05, 0.1) is 4.90 Å². The van der Waals surface area contributed by atoms with E-state index in [4.69, 9.17) is 9.88 Å².